The molecule has 4 aromatic rings. The normalized spacial score (nSPS) is 16.1. The Hall–Kier alpha value is -4.06. The molecule has 0 spiro atoms. The Morgan fingerprint density at radius 2 is 1.52 bits per heavy atom. The molecule has 2 aliphatic rings. The molecule has 62 heavy (non-hydrogen) atoms. The first-order chi connectivity index (χ1) is 29.6. The number of halogens is 4. The molecule has 0 saturated carbocycles. The lowest BCUT2D eigenvalue weighted by Crippen LogP contribution is -2.47. The number of nitrogens with one attached hydrogen (secondary N) is 2. The van der Waals surface area contributed by atoms with Crippen molar-refractivity contribution in [3.63, 3.8) is 0 Å². The molecule has 0 aromatic heterocycles. The molecule has 17 heteroatoms. The van der Waals surface area contributed by atoms with Crippen LogP contribution in [-0.2, 0) is 19.9 Å². The van der Waals surface area contributed by atoms with Gasteiger partial charge < -0.3 is 15.1 Å². The number of anilines is 2. The number of hydrogen-bond acceptors (Lipinski definition) is 10. The average molecular weight is 933 g/mol. The molecule has 4 aromatic carbocycles. The van der Waals surface area contributed by atoms with Crippen molar-refractivity contribution in [3.8, 4) is 0 Å². The van der Waals surface area contributed by atoms with E-state index in [1.807, 2.05) is 61.0 Å². The number of hydrogen-bond donors (Lipinski definition) is 2. The molecule has 0 bridgehead atoms. The van der Waals surface area contributed by atoms with E-state index < -0.39 is 52.8 Å². The highest BCUT2D eigenvalue weighted by Crippen LogP contribution is 2.37. The summed E-state index contributed by atoms with van der Waals surface area (Å²) in [5, 5.41) is 3.71. The lowest BCUT2D eigenvalue weighted by atomic mass is 9.87. The van der Waals surface area contributed by atoms with Gasteiger partial charge in [0.2, 0.25) is 0 Å². The standard InChI is InChI=1S/C45H53ClF3N5O5S3/c1-3-52(4-2)25-24-37(32-60-39-11-6-5-7-12-39)50-42-23-22-40(30-43(42)61(56,57)45(47,48)49)62(58,59)51-44(55)34-16-20-38(21-17-34)54-28-26-53(27-29-54)31-35-10-8-9-13-41(35)33-14-18-36(46)19-15-33/h5-7,11-12,14-23,30,37,50H,3-4,8-10,13,24-29,31-32H2,1-2H3,(H,51,55)/t37-/m1/s1. The Balaban J connectivity index is 1.13. The Morgan fingerprint density at radius 1 is 0.855 bits per heavy atom. The second kappa shape index (κ2) is 21.1. The summed E-state index contributed by atoms with van der Waals surface area (Å²) in [5.74, 6) is -0.636. The lowest BCUT2D eigenvalue weighted by Gasteiger charge is -2.37. The zero-order valence-corrected chi connectivity index (χ0v) is 38.0. The fourth-order valence-corrected chi connectivity index (χ4v) is 10.9. The summed E-state index contributed by atoms with van der Waals surface area (Å²) in [7, 11) is -10.9. The molecule has 1 heterocycles. The lowest BCUT2D eigenvalue weighted by molar-refractivity contribution is -0.0435. The zero-order valence-electron chi connectivity index (χ0n) is 34.8. The summed E-state index contributed by atoms with van der Waals surface area (Å²) >= 11 is 7.60. The van der Waals surface area contributed by atoms with Crippen LogP contribution in [0.25, 0.3) is 5.57 Å². The molecular formula is C45H53ClF3N5O5S3. The highest BCUT2D eigenvalue weighted by Gasteiger charge is 2.48. The number of benzene rings is 4. The van der Waals surface area contributed by atoms with Crippen molar-refractivity contribution < 1.29 is 34.8 Å². The Kier molecular flexibility index (Phi) is 16.1. The van der Waals surface area contributed by atoms with Crippen LogP contribution in [0.5, 0.6) is 0 Å². The molecule has 1 fully saturated rings. The van der Waals surface area contributed by atoms with Gasteiger partial charge in [0.15, 0.2) is 0 Å². The summed E-state index contributed by atoms with van der Waals surface area (Å²) in [6, 6.07) is 25.8. The van der Waals surface area contributed by atoms with Crippen molar-refractivity contribution >= 4 is 66.1 Å². The zero-order chi connectivity index (χ0) is 44.5. The van der Waals surface area contributed by atoms with Gasteiger partial charge in [-0.05, 0) is 123 Å². The van der Waals surface area contributed by atoms with Crippen molar-refractivity contribution in [1.29, 1.82) is 0 Å². The summed E-state index contributed by atoms with van der Waals surface area (Å²) in [5.41, 5.74) is -1.17. The fraction of sp³-hybridized carbons (Fsp3) is 0.400. The molecule has 1 aliphatic heterocycles. The first-order valence-electron chi connectivity index (χ1n) is 20.8. The van der Waals surface area contributed by atoms with Crippen LogP contribution < -0.4 is 14.9 Å². The minimum Gasteiger partial charge on any atom is -0.380 e. The SMILES string of the molecule is CCN(CC)CC[C@H](CSc1ccccc1)Nc1ccc(S(=O)(=O)NC(=O)c2ccc(N3CCN(CC4=C(c5ccc(Cl)cc5)CCCC4)CC3)cc2)cc1S(=O)(=O)C(F)(F)F. The molecule has 1 aliphatic carbocycles. The minimum atomic E-state index is -6.04. The molecule has 1 amide bonds. The maximum Gasteiger partial charge on any atom is 0.501 e. The van der Waals surface area contributed by atoms with Crippen molar-refractivity contribution in [2.24, 2.45) is 0 Å². The first-order valence-corrected chi connectivity index (χ1v) is 25.1. The molecule has 0 radical (unpaired) electrons. The third-order valence-electron chi connectivity index (χ3n) is 11.4. The molecule has 2 N–H and O–H groups in total. The molecular weight excluding hydrogens is 879 g/mol. The highest BCUT2D eigenvalue weighted by atomic mass is 35.5. The van der Waals surface area contributed by atoms with Gasteiger partial charge in [0.1, 0.15) is 4.90 Å². The molecule has 6 rings (SSSR count). The van der Waals surface area contributed by atoms with E-state index in [-0.39, 0.29) is 5.56 Å². The maximum absolute atomic E-state index is 14.1. The third-order valence-corrected chi connectivity index (χ3v) is 15.7. The summed E-state index contributed by atoms with van der Waals surface area (Å²) in [4.78, 5) is 18.9. The third kappa shape index (κ3) is 12.1. The molecule has 1 atom stereocenters. The van der Waals surface area contributed by atoms with E-state index in [1.54, 1.807) is 12.1 Å². The van der Waals surface area contributed by atoms with Gasteiger partial charge in [-0.25, -0.2) is 21.6 Å². The second-order valence-electron chi connectivity index (χ2n) is 15.4. The topological polar surface area (TPSA) is 119 Å². The number of allylic oxidation sites excluding steroid dienone is 1. The van der Waals surface area contributed by atoms with Crippen LogP contribution in [0.15, 0.2) is 117 Å². The number of sulfonamides is 1. The van der Waals surface area contributed by atoms with Crippen molar-refractivity contribution in [2.75, 3.05) is 68.3 Å². The number of rotatable bonds is 18. The van der Waals surface area contributed by atoms with Crippen molar-refractivity contribution in [2.45, 2.75) is 72.2 Å². The van der Waals surface area contributed by atoms with Crippen LogP contribution in [0.2, 0.25) is 5.02 Å². The highest BCUT2D eigenvalue weighted by molar-refractivity contribution is 7.99. The molecule has 334 valence electrons. The number of alkyl halides is 3. The monoisotopic (exact) mass is 931 g/mol. The number of amides is 1. The Bertz CT molecular complexity index is 2390. The quantitative estimate of drug-likeness (QED) is 0.0936. The van der Waals surface area contributed by atoms with E-state index in [4.69, 9.17) is 11.6 Å². The van der Waals surface area contributed by atoms with Gasteiger partial charge in [-0.15, -0.1) is 11.8 Å². The predicted molar refractivity (Wildman–Crippen MR) is 243 cm³/mol. The first kappa shape index (κ1) is 47.4. The van der Waals surface area contributed by atoms with E-state index in [9.17, 15) is 34.8 Å². The number of sulfone groups is 1. The largest absolute Gasteiger partial charge is 0.501 e. The predicted octanol–water partition coefficient (Wildman–Crippen LogP) is 9.21. The van der Waals surface area contributed by atoms with Gasteiger partial charge in [0, 0.05) is 72.2 Å². The number of carbonyl (C=O) groups excluding carboxylic acids is 1. The average Bonchev–Trinajstić information content (AvgIpc) is 3.26. The minimum absolute atomic E-state index is 0.00306. The van der Waals surface area contributed by atoms with E-state index in [2.05, 4.69) is 32.1 Å². The van der Waals surface area contributed by atoms with Crippen molar-refractivity contribution in [3.05, 3.63) is 119 Å². The molecule has 10 nitrogen and oxygen atoms in total. The smallest absolute Gasteiger partial charge is 0.380 e. The fourth-order valence-electron chi connectivity index (χ4n) is 7.78. The van der Waals surface area contributed by atoms with Gasteiger partial charge in [-0.2, -0.15) is 13.2 Å². The van der Waals surface area contributed by atoms with E-state index >= 15 is 0 Å². The summed E-state index contributed by atoms with van der Waals surface area (Å²) in [6.07, 6.45) is 4.92. The Morgan fingerprint density at radius 3 is 2.16 bits per heavy atom. The van der Waals surface area contributed by atoms with Gasteiger partial charge in [0.25, 0.3) is 25.8 Å². The summed E-state index contributed by atoms with van der Waals surface area (Å²) in [6.45, 7) is 10.1. The van der Waals surface area contributed by atoms with Crippen LogP contribution in [0.1, 0.15) is 61.9 Å². The van der Waals surface area contributed by atoms with Crippen molar-refractivity contribution in [1.82, 2.24) is 14.5 Å². The number of piperazine rings is 1. The second-order valence-corrected chi connectivity index (χ2v) is 20.6. The van der Waals surface area contributed by atoms with Gasteiger partial charge in [-0.3, -0.25) is 9.69 Å². The number of nitrogens with zero attached hydrogens (tertiary/aromatic N) is 3. The number of carbonyl (C=O) groups is 1. The Labute approximate surface area is 372 Å². The van der Waals surface area contributed by atoms with Gasteiger partial charge >= 0.3 is 5.51 Å². The van der Waals surface area contributed by atoms with E-state index in [0.29, 0.717) is 24.8 Å². The van der Waals surface area contributed by atoms with Crippen LogP contribution in [0, 0.1) is 0 Å². The number of thioether (sulfide) groups is 1. The van der Waals surface area contributed by atoms with Crippen LogP contribution in [-0.4, -0.2) is 102 Å². The van der Waals surface area contributed by atoms with Crippen LogP contribution >= 0.6 is 23.4 Å². The molecule has 1 saturated heterocycles. The van der Waals surface area contributed by atoms with E-state index in [1.165, 1.54) is 53.4 Å². The van der Waals surface area contributed by atoms with E-state index in [0.717, 1.165) is 86.4 Å². The van der Waals surface area contributed by atoms with Crippen LogP contribution in [0.3, 0.4) is 0 Å². The van der Waals surface area contributed by atoms with Crippen LogP contribution in [0.4, 0.5) is 24.5 Å². The molecule has 0 unspecified atom stereocenters. The van der Waals surface area contributed by atoms with Gasteiger partial charge in [-0.1, -0.05) is 61.4 Å². The summed E-state index contributed by atoms with van der Waals surface area (Å²) < 4.78 is 97.3. The van der Waals surface area contributed by atoms with Gasteiger partial charge in [0.05, 0.1) is 10.6 Å². The maximum atomic E-state index is 14.1.